The van der Waals surface area contributed by atoms with Crippen molar-refractivity contribution in [2.45, 2.75) is 19.4 Å². The molecule has 7 heteroatoms. The van der Waals surface area contributed by atoms with Gasteiger partial charge in [0, 0.05) is 41.7 Å². The second-order valence-corrected chi connectivity index (χ2v) is 6.86. The molecule has 1 heterocycles. The van der Waals surface area contributed by atoms with Crippen LogP contribution in [-0.4, -0.2) is 36.9 Å². The van der Waals surface area contributed by atoms with Crippen molar-refractivity contribution < 1.29 is 14.3 Å². The van der Waals surface area contributed by atoms with Gasteiger partial charge in [0.05, 0.1) is 12.1 Å². The summed E-state index contributed by atoms with van der Waals surface area (Å²) in [5.41, 5.74) is 0.849. The molecular formula is C17H20BrClN2O3. The van der Waals surface area contributed by atoms with Gasteiger partial charge in [0.2, 0.25) is 11.8 Å². The monoisotopic (exact) mass is 414 g/mol. The van der Waals surface area contributed by atoms with Crippen LogP contribution in [0, 0.1) is 5.92 Å². The van der Waals surface area contributed by atoms with Gasteiger partial charge in [-0.15, -0.1) is 0 Å². The molecule has 0 spiro atoms. The fourth-order valence-corrected chi connectivity index (χ4v) is 3.26. The van der Waals surface area contributed by atoms with Gasteiger partial charge >= 0.3 is 0 Å². The summed E-state index contributed by atoms with van der Waals surface area (Å²) >= 11 is 9.42. The lowest BCUT2D eigenvalue weighted by Gasteiger charge is -2.30. The Morgan fingerprint density at radius 2 is 2.12 bits per heavy atom. The molecule has 0 aliphatic carbocycles. The number of nitrogens with one attached hydrogen (secondary N) is 1. The van der Waals surface area contributed by atoms with E-state index in [0.29, 0.717) is 43.2 Å². The Hall–Kier alpha value is -1.53. The zero-order chi connectivity index (χ0) is 17.7. The van der Waals surface area contributed by atoms with E-state index in [2.05, 4.69) is 27.8 Å². The maximum absolute atomic E-state index is 12.4. The van der Waals surface area contributed by atoms with Crippen molar-refractivity contribution in [3.8, 4) is 5.75 Å². The van der Waals surface area contributed by atoms with Crippen molar-refractivity contribution in [1.82, 2.24) is 10.2 Å². The van der Waals surface area contributed by atoms with Gasteiger partial charge in [-0.2, -0.15) is 0 Å². The van der Waals surface area contributed by atoms with Crippen molar-refractivity contribution in [2.24, 2.45) is 5.92 Å². The molecule has 1 aromatic rings. The van der Waals surface area contributed by atoms with Crippen LogP contribution in [0.1, 0.15) is 18.4 Å². The van der Waals surface area contributed by atoms with E-state index in [1.165, 1.54) is 6.08 Å². The van der Waals surface area contributed by atoms with Gasteiger partial charge in [-0.25, -0.2) is 0 Å². The Morgan fingerprint density at radius 1 is 1.46 bits per heavy atom. The predicted molar refractivity (Wildman–Crippen MR) is 97.1 cm³/mol. The van der Waals surface area contributed by atoms with Crippen LogP contribution < -0.4 is 10.1 Å². The van der Waals surface area contributed by atoms with Crippen molar-refractivity contribution in [3.05, 3.63) is 39.8 Å². The molecule has 24 heavy (non-hydrogen) atoms. The van der Waals surface area contributed by atoms with Gasteiger partial charge < -0.3 is 15.0 Å². The number of piperidine rings is 1. The molecule has 1 aromatic carbocycles. The first-order chi connectivity index (χ1) is 11.5. The van der Waals surface area contributed by atoms with Gasteiger partial charge in [0.15, 0.2) is 0 Å². The van der Waals surface area contributed by atoms with Crippen molar-refractivity contribution >= 4 is 39.3 Å². The number of halogens is 2. The number of carbonyl (C=O) groups is 2. The smallest absolute Gasteiger partial charge is 0.245 e. The quantitative estimate of drug-likeness (QED) is 0.752. The predicted octanol–water partition coefficient (Wildman–Crippen LogP) is 3.15. The summed E-state index contributed by atoms with van der Waals surface area (Å²) in [6, 6.07) is 3.55. The molecular weight excluding hydrogens is 396 g/mol. The van der Waals surface area contributed by atoms with Gasteiger partial charge in [-0.3, -0.25) is 9.59 Å². The van der Waals surface area contributed by atoms with E-state index in [1.54, 1.807) is 18.1 Å². The Kier molecular flexibility index (Phi) is 6.69. The normalized spacial score (nSPS) is 15.0. The average molecular weight is 416 g/mol. The largest absolute Gasteiger partial charge is 0.496 e. The number of methoxy groups -OCH3 is 1. The minimum Gasteiger partial charge on any atom is -0.496 e. The number of ether oxygens (including phenoxy) is 1. The van der Waals surface area contributed by atoms with E-state index in [-0.39, 0.29) is 17.7 Å². The zero-order valence-corrected chi connectivity index (χ0v) is 15.8. The molecule has 0 atom stereocenters. The van der Waals surface area contributed by atoms with Gasteiger partial charge in [0.1, 0.15) is 5.75 Å². The number of amides is 2. The lowest BCUT2D eigenvalue weighted by Crippen LogP contribution is -2.42. The maximum atomic E-state index is 12.4. The minimum atomic E-state index is -0.0828. The van der Waals surface area contributed by atoms with Crippen LogP contribution >= 0.6 is 27.5 Å². The van der Waals surface area contributed by atoms with Crippen LogP contribution in [0.15, 0.2) is 29.3 Å². The molecule has 5 nitrogen and oxygen atoms in total. The van der Waals surface area contributed by atoms with Crippen molar-refractivity contribution in [1.29, 1.82) is 0 Å². The molecule has 1 saturated heterocycles. The Morgan fingerprint density at radius 3 is 2.71 bits per heavy atom. The number of benzene rings is 1. The highest BCUT2D eigenvalue weighted by atomic mass is 79.9. The average Bonchev–Trinajstić information content (AvgIpc) is 2.61. The fraction of sp³-hybridized carbons (Fsp3) is 0.412. The van der Waals surface area contributed by atoms with Crippen LogP contribution in [0.4, 0.5) is 0 Å². The summed E-state index contributed by atoms with van der Waals surface area (Å²) in [4.78, 5) is 25.6. The van der Waals surface area contributed by atoms with Crippen molar-refractivity contribution in [2.75, 3.05) is 20.2 Å². The summed E-state index contributed by atoms with van der Waals surface area (Å²) in [6.07, 6.45) is 2.63. The third kappa shape index (κ3) is 4.51. The number of rotatable bonds is 5. The number of nitrogens with zero attached hydrogens (tertiary/aromatic N) is 1. The van der Waals surface area contributed by atoms with Crippen molar-refractivity contribution in [3.63, 3.8) is 0 Å². The molecule has 1 aliphatic heterocycles. The van der Waals surface area contributed by atoms with Gasteiger partial charge in [-0.1, -0.05) is 18.2 Å². The van der Waals surface area contributed by atoms with Crippen LogP contribution in [0.2, 0.25) is 5.02 Å². The second kappa shape index (κ2) is 8.53. The Labute approximate surface area is 155 Å². The molecule has 0 radical (unpaired) electrons. The number of likely N-dealkylation sites (tertiary alicyclic amines) is 1. The lowest BCUT2D eigenvalue weighted by molar-refractivity contribution is -0.132. The Bertz CT molecular complexity index is 643. The summed E-state index contributed by atoms with van der Waals surface area (Å²) in [5, 5.41) is 3.50. The van der Waals surface area contributed by atoms with Crippen LogP contribution in [0.3, 0.4) is 0 Å². The standard InChI is InChI=1S/C17H20BrClN2O3/c1-3-16(22)21-6-4-11(5-7-21)17(23)20-10-12-8-13(18)14(19)9-15(12)24-2/h3,8-9,11H,1,4-7,10H2,2H3,(H,20,23). The summed E-state index contributed by atoms with van der Waals surface area (Å²) in [5.74, 6) is 0.467. The second-order valence-electron chi connectivity index (χ2n) is 5.60. The van der Waals surface area contributed by atoms with Crippen LogP contribution in [0.5, 0.6) is 5.75 Å². The minimum absolute atomic E-state index is 0.00572. The van der Waals surface area contributed by atoms with E-state index in [9.17, 15) is 9.59 Å². The lowest BCUT2D eigenvalue weighted by atomic mass is 9.95. The van der Waals surface area contributed by atoms with E-state index in [0.717, 1.165) is 10.0 Å². The van der Waals surface area contributed by atoms with Crippen LogP contribution in [0.25, 0.3) is 0 Å². The number of hydrogen-bond donors (Lipinski definition) is 1. The highest BCUT2D eigenvalue weighted by Crippen LogP contribution is 2.31. The fourth-order valence-electron chi connectivity index (χ4n) is 2.72. The topological polar surface area (TPSA) is 58.6 Å². The maximum Gasteiger partial charge on any atom is 0.245 e. The van der Waals surface area contributed by atoms with E-state index in [1.807, 2.05) is 6.07 Å². The molecule has 130 valence electrons. The molecule has 0 bridgehead atoms. The summed E-state index contributed by atoms with van der Waals surface area (Å²) in [7, 11) is 1.57. The molecule has 2 amide bonds. The number of hydrogen-bond acceptors (Lipinski definition) is 3. The summed E-state index contributed by atoms with van der Waals surface area (Å²) < 4.78 is 6.06. The third-order valence-corrected chi connectivity index (χ3v) is 5.33. The van der Waals surface area contributed by atoms with E-state index in [4.69, 9.17) is 16.3 Å². The summed E-state index contributed by atoms with van der Waals surface area (Å²) in [6.45, 7) is 5.02. The Balaban J connectivity index is 1.91. The first-order valence-corrected chi connectivity index (χ1v) is 8.84. The molecule has 2 rings (SSSR count). The molecule has 0 aromatic heterocycles. The highest BCUT2D eigenvalue weighted by molar-refractivity contribution is 9.10. The molecule has 1 N–H and O–H groups in total. The molecule has 1 fully saturated rings. The van der Waals surface area contributed by atoms with E-state index < -0.39 is 0 Å². The number of carbonyl (C=O) groups excluding carboxylic acids is 2. The third-order valence-electron chi connectivity index (χ3n) is 4.13. The SMILES string of the molecule is C=CC(=O)N1CCC(C(=O)NCc2cc(Br)c(Cl)cc2OC)CC1. The van der Waals surface area contributed by atoms with Gasteiger partial charge in [-0.05, 0) is 40.9 Å². The van der Waals surface area contributed by atoms with Gasteiger partial charge in [0.25, 0.3) is 0 Å². The molecule has 1 aliphatic rings. The highest BCUT2D eigenvalue weighted by Gasteiger charge is 2.26. The zero-order valence-electron chi connectivity index (χ0n) is 13.5. The van der Waals surface area contributed by atoms with Crippen LogP contribution in [-0.2, 0) is 16.1 Å². The van der Waals surface area contributed by atoms with E-state index >= 15 is 0 Å². The molecule has 0 unspecified atom stereocenters. The first kappa shape index (κ1) is 18.8. The first-order valence-electron chi connectivity index (χ1n) is 7.67. The molecule has 0 saturated carbocycles.